The van der Waals surface area contributed by atoms with Gasteiger partial charge in [-0.1, -0.05) is 77.6 Å². The maximum Gasteiger partial charge on any atom is 4.00 e. The standard InChI is InChI=1S/C22H34Si.2ClH.Ti/c1-11-23(12-2,21(9)13-15(3)17(5)19(21)7)22(10)14-16(4)18(6)20(22)8;;;/h11-12H2,1-10H3;2*1H;/q-2;;;+4/p-2. The minimum atomic E-state index is -1.80. The fourth-order valence-electron chi connectivity index (χ4n) is 5.56. The molecule has 0 amide bonds. The molecule has 0 radical (unpaired) electrons. The summed E-state index contributed by atoms with van der Waals surface area (Å²) < 4.78 is 0. The van der Waals surface area contributed by atoms with Gasteiger partial charge < -0.3 is 24.8 Å². The van der Waals surface area contributed by atoms with E-state index >= 15 is 0 Å². The van der Waals surface area contributed by atoms with E-state index in [-0.39, 0.29) is 56.6 Å². The zero-order valence-electron chi connectivity index (χ0n) is 18.2. The van der Waals surface area contributed by atoms with Crippen LogP contribution in [-0.4, -0.2) is 8.07 Å². The molecule has 2 unspecified atom stereocenters. The maximum atomic E-state index is 3.96. The molecule has 2 atom stereocenters. The minimum absolute atomic E-state index is 0. The topological polar surface area (TPSA) is 0 Å². The molecule has 0 N–H and O–H groups in total. The van der Waals surface area contributed by atoms with E-state index in [1.165, 1.54) is 34.4 Å². The monoisotopic (exact) mass is 444 g/mol. The molecular weight excluding hydrogens is 411 g/mol. The van der Waals surface area contributed by atoms with Crippen LogP contribution < -0.4 is 24.8 Å². The van der Waals surface area contributed by atoms with Gasteiger partial charge in [0.05, 0.1) is 0 Å². The third-order valence-corrected chi connectivity index (χ3v) is 15.0. The van der Waals surface area contributed by atoms with Crippen molar-refractivity contribution >= 4 is 8.07 Å². The van der Waals surface area contributed by atoms with Gasteiger partial charge in [0.1, 0.15) is 0 Å². The van der Waals surface area contributed by atoms with Crippen molar-refractivity contribution in [3.8, 4) is 0 Å². The Hall–Kier alpha value is 0.471. The van der Waals surface area contributed by atoms with Gasteiger partial charge in [-0.15, -0.1) is 13.8 Å². The van der Waals surface area contributed by atoms with Crippen LogP contribution in [0.3, 0.4) is 0 Å². The van der Waals surface area contributed by atoms with E-state index in [1.807, 2.05) is 0 Å². The maximum absolute atomic E-state index is 3.96. The van der Waals surface area contributed by atoms with Gasteiger partial charge >= 0.3 is 21.7 Å². The fourth-order valence-corrected chi connectivity index (χ4v) is 12.6. The second kappa shape index (κ2) is 9.31. The Labute approximate surface area is 190 Å². The largest absolute Gasteiger partial charge is 4.00 e. The zero-order chi connectivity index (χ0) is 17.8. The van der Waals surface area contributed by atoms with Crippen molar-refractivity contribution < 1.29 is 46.5 Å². The predicted octanol–water partition coefficient (Wildman–Crippen LogP) is 1.20. The molecular formula is C22H34Cl2SiTi. The normalized spacial score (nSPS) is 28.2. The molecule has 4 heteroatoms. The number of rotatable bonds is 4. The van der Waals surface area contributed by atoms with Crippen LogP contribution in [0.5, 0.6) is 0 Å². The van der Waals surface area contributed by atoms with Crippen LogP contribution >= 0.6 is 0 Å². The average molecular weight is 445 g/mol. The van der Waals surface area contributed by atoms with Crippen LogP contribution in [0.1, 0.15) is 69.2 Å². The predicted molar refractivity (Wildman–Crippen MR) is 105 cm³/mol. The molecule has 0 aliphatic heterocycles. The number of halogens is 2. The van der Waals surface area contributed by atoms with E-state index in [4.69, 9.17) is 0 Å². The van der Waals surface area contributed by atoms with Crippen LogP contribution in [0.15, 0.2) is 33.4 Å². The molecule has 26 heavy (non-hydrogen) atoms. The van der Waals surface area contributed by atoms with Gasteiger partial charge in [-0.2, -0.15) is 22.3 Å². The first-order valence-corrected chi connectivity index (χ1v) is 11.5. The minimum Gasteiger partial charge on any atom is -1.00 e. The average Bonchev–Trinajstić information content (AvgIpc) is 2.82. The van der Waals surface area contributed by atoms with Gasteiger partial charge in [0.15, 0.2) is 0 Å². The Bertz CT molecular complexity index is 614. The molecule has 144 valence electrons. The second-order valence-corrected chi connectivity index (χ2v) is 13.6. The fraction of sp³-hybridized carbons (Fsp3) is 0.636. The van der Waals surface area contributed by atoms with E-state index < -0.39 is 8.07 Å². The Kier molecular flexibility index (Phi) is 10.3. The molecule has 0 saturated carbocycles. The number of hydrogen-bond donors (Lipinski definition) is 0. The van der Waals surface area contributed by atoms with Gasteiger partial charge in [-0.25, -0.2) is 11.1 Å². The summed E-state index contributed by atoms with van der Waals surface area (Å²) in [5, 5.41) is 0.219. The summed E-state index contributed by atoms with van der Waals surface area (Å²) in [6.45, 7) is 23.5. The molecule has 0 heterocycles. The van der Waals surface area contributed by atoms with Gasteiger partial charge in [-0.05, 0) is 0 Å². The molecule has 2 rings (SSSR count). The Morgan fingerprint density at radius 3 is 1.12 bits per heavy atom. The number of allylic oxidation sites excluding steroid dienone is 8. The summed E-state index contributed by atoms with van der Waals surface area (Å²) >= 11 is 0. The summed E-state index contributed by atoms with van der Waals surface area (Å²) in [6, 6.07) is 2.54. The first kappa shape index (κ1) is 28.7. The van der Waals surface area contributed by atoms with Crippen LogP contribution in [0, 0.1) is 12.2 Å². The van der Waals surface area contributed by atoms with E-state index in [2.05, 4.69) is 81.4 Å². The SMILES string of the molecule is CC[Si](CC)(C1(C)[C-]=C(C)C(C)=C1C)C1(C)[C-]=C(C)C(C)=C1C.[Cl-].[Cl-].[Ti+4]. The van der Waals surface area contributed by atoms with Crippen molar-refractivity contribution in [1.82, 2.24) is 0 Å². The van der Waals surface area contributed by atoms with Crippen molar-refractivity contribution in [2.45, 2.75) is 91.4 Å². The van der Waals surface area contributed by atoms with Crippen molar-refractivity contribution in [3.63, 3.8) is 0 Å². The van der Waals surface area contributed by atoms with Crippen LogP contribution in [-0.2, 0) is 21.7 Å². The Morgan fingerprint density at radius 1 is 0.692 bits per heavy atom. The van der Waals surface area contributed by atoms with E-state index in [0.29, 0.717) is 0 Å². The summed E-state index contributed by atoms with van der Waals surface area (Å²) in [7, 11) is -1.80. The summed E-state index contributed by atoms with van der Waals surface area (Å²) in [4.78, 5) is 0. The van der Waals surface area contributed by atoms with E-state index in [9.17, 15) is 0 Å². The summed E-state index contributed by atoms with van der Waals surface area (Å²) in [6.07, 6.45) is 7.91. The van der Waals surface area contributed by atoms with Gasteiger partial charge in [0.25, 0.3) is 0 Å². The molecule has 0 aromatic rings. The third kappa shape index (κ3) is 3.45. The van der Waals surface area contributed by atoms with Crippen LogP contribution in [0.25, 0.3) is 0 Å². The smallest absolute Gasteiger partial charge is 1.00 e. The Morgan fingerprint density at radius 2 is 0.962 bits per heavy atom. The Balaban J connectivity index is 0. The third-order valence-electron chi connectivity index (χ3n) is 7.75. The van der Waals surface area contributed by atoms with Crippen LogP contribution in [0.2, 0.25) is 22.2 Å². The summed E-state index contributed by atoms with van der Waals surface area (Å²) in [5.74, 6) is 0. The molecule has 0 saturated heterocycles. The van der Waals surface area contributed by atoms with Gasteiger partial charge in [0, 0.05) is 8.07 Å². The van der Waals surface area contributed by atoms with Crippen molar-refractivity contribution in [1.29, 1.82) is 0 Å². The van der Waals surface area contributed by atoms with Crippen LogP contribution in [0.4, 0.5) is 0 Å². The molecule has 0 spiro atoms. The van der Waals surface area contributed by atoms with E-state index in [1.54, 1.807) is 11.1 Å². The molecule has 0 nitrogen and oxygen atoms in total. The first-order chi connectivity index (χ1) is 10.5. The van der Waals surface area contributed by atoms with Gasteiger partial charge in [0.2, 0.25) is 0 Å². The molecule has 0 bridgehead atoms. The molecule has 0 fully saturated rings. The first-order valence-electron chi connectivity index (χ1n) is 9.12. The molecule has 0 aromatic heterocycles. The molecule has 2 aliphatic carbocycles. The van der Waals surface area contributed by atoms with Crippen molar-refractivity contribution in [2.75, 3.05) is 0 Å². The van der Waals surface area contributed by atoms with Gasteiger partial charge in [-0.3, -0.25) is 12.2 Å². The quantitative estimate of drug-likeness (QED) is 0.451. The van der Waals surface area contributed by atoms with Crippen molar-refractivity contribution in [2.24, 2.45) is 0 Å². The van der Waals surface area contributed by atoms with Crippen molar-refractivity contribution in [3.05, 3.63) is 45.6 Å². The van der Waals surface area contributed by atoms with E-state index in [0.717, 1.165) is 0 Å². The molecule has 0 aromatic carbocycles. The number of hydrogen-bond acceptors (Lipinski definition) is 0. The zero-order valence-corrected chi connectivity index (χ0v) is 22.2. The second-order valence-electron chi connectivity index (χ2n) is 8.04. The molecule has 2 aliphatic rings. The summed E-state index contributed by atoms with van der Waals surface area (Å²) in [5.41, 5.74) is 8.78.